The lowest BCUT2D eigenvalue weighted by molar-refractivity contribution is 0.474. The molecule has 0 aliphatic heterocycles. The molecule has 0 heterocycles. The third-order valence-electron chi connectivity index (χ3n) is 2.00. The van der Waals surface area contributed by atoms with E-state index in [9.17, 15) is 0 Å². The van der Waals surface area contributed by atoms with Crippen LogP contribution in [0.25, 0.3) is 6.08 Å². The van der Waals surface area contributed by atoms with Gasteiger partial charge < -0.3 is 5.11 Å². The lowest BCUT2D eigenvalue weighted by Gasteiger charge is -1.97. The Morgan fingerprint density at radius 1 is 1.36 bits per heavy atom. The molecule has 0 bridgehead atoms. The van der Waals surface area contributed by atoms with Gasteiger partial charge >= 0.3 is 0 Å². The molecule has 0 radical (unpaired) electrons. The van der Waals surface area contributed by atoms with Crippen molar-refractivity contribution in [2.45, 2.75) is 13.3 Å². The van der Waals surface area contributed by atoms with E-state index in [4.69, 9.17) is 5.11 Å². The normalized spacial score (nSPS) is 14.5. The lowest BCUT2D eigenvalue weighted by atomic mass is 10.1. The van der Waals surface area contributed by atoms with Crippen LogP contribution in [-0.4, -0.2) is 5.11 Å². The van der Waals surface area contributed by atoms with Gasteiger partial charge in [-0.05, 0) is 36.6 Å². The minimum atomic E-state index is 0.367. The zero-order chi connectivity index (χ0) is 7.84. The monoisotopic (exact) mass is 146 g/mol. The van der Waals surface area contributed by atoms with Crippen molar-refractivity contribution in [1.82, 2.24) is 0 Å². The third-order valence-corrected chi connectivity index (χ3v) is 2.00. The molecule has 0 atom stereocenters. The minimum Gasteiger partial charge on any atom is -0.508 e. The summed E-state index contributed by atoms with van der Waals surface area (Å²) in [6.07, 6.45) is 3.15. The second-order valence-corrected chi connectivity index (χ2v) is 3.05. The Morgan fingerprint density at radius 2 is 2.18 bits per heavy atom. The maximum atomic E-state index is 9.16. The first kappa shape index (κ1) is 6.47. The SMILES string of the molecule is CC1=Cc2ccc(O)cc2C1. The van der Waals surface area contributed by atoms with E-state index in [0.717, 1.165) is 6.42 Å². The molecule has 0 unspecified atom stereocenters. The molecule has 0 fully saturated rings. The first-order chi connectivity index (χ1) is 5.25. The number of aromatic hydroxyl groups is 1. The van der Waals surface area contributed by atoms with Crippen molar-refractivity contribution in [3.05, 3.63) is 34.9 Å². The van der Waals surface area contributed by atoms with Gasteiger partial charge in [0, 0.05) is 0 Å². The van der Waals surface area contributed by atoms with Crippen molar-refractivity contribution < 1.29 is 5.11 Å². The molecule has 0 spiro atoms. The first-order valence-electron chi connectivity index (χ1n) is 3.75. The number of rotatable bonds is 0. The molecular weight excluding hydrogens is 136 g/mol. The molecule has 11 heavy (non-hydrogen) atoms. The average Bonchev–Trinajstić information content (AvgIpc) is 2.27. The molecule has 2 rings (SSSR count). The Morgan fingerprint density at radius 3 is 3.00 bits per heavy atom. The van der Waals surface area contributed by atoms with Crippen molar-refractivity contribution >= 4 is 6.08 Å². The average molecular weight is 146 g/mol. The Kier molecular flexibility index (Phi) is 1.25. The highest BCUT2D eigenvalue weighted by Crippen LogP contribution is 2.27. The molecule has 1 aromatic carbocycles. The predicted octanol–water partition coefficient (Wildman–Crippen LogP) is 2.35. The summed E-state index contributed by atoms with van der Waals surface area (Å²) in [5.41, 5.74) is 3.86. The van der Waals surface area contributed by atoms with Crippen LogP contribution in [0.3, 0.4) is 0 Å². The van der Waals surface area contributed by atoms with E-state index in [1.54, 1.807) is 6.07 Å². The maximum Gasteiger partial charge on any atom is 0.115 e. The summed E-state index contributed by atoms with van der Waals surface area (Å²) in [5.74, 6) is 0.367. The molecule has 1 nitrogen and oxygen atoms in total. The van der Waals surface area contributed by atoms with Crippen LogP contribution < -0.4 is 0 Å². The molecular formula is C10H10O. The summed E-state index contributed by atoms with van der Waals surface area (Å²) in [6.45, 7) is 2.11. The highest BCUT2D eigenvalue weighted by molar-refractivity contribution is 5.64. The summed E-state index contributed by atoms with van der Waals surface area (Å²) in [7, 11) is 0. The number of allylic oxidation sites excluding steroid dienone is 1. The summed E-state index contributed by atoms with van der Waals surface area (Å²) in [4.78, 5) is 0. The van der Waals surface area contributed by atoms with Crippen LogP contribution in [-0.2, 0) is 6.42 Å². The van der Waals surface area contributed by atoms with E-state index in [-0.39, 0.29) is 0 Å². The number of phenolic OH excluding ortho intramolecular Hbond substituents is 1. The van der Waals surface area contributed by atoms with Crippen molar-refractivity contribution in [2.24, 2.45) is 0 Å². The van der Waals surface area contributed by atoms with E-state index >= 15 is 0 Å². The van der Waals surface area contributed by atoms with E-state index in [1.165, 1.54) is 16.7 Å². The van der Waals surface area contributed by atoms with Crippen LogP contribution >= 0.6 is 0 Å². The number of hydrogen-bond donors (Lipinski definition) is 1. The van der Waals surface area contributed by atoms with Gasteiger partial charge in [-0.2, -0.15) is 0 Å². The molecule has 0 aromatic heterocycles. The fourth-order valence-electron chi connectivity index (χ4n) is 1.50. The fraction of sp³-hybridized carbons (Fsp3) is 0.200. The molecule has 0 saturated carbocycles. The molecule has 1 aromatic rings. The van der Waals surface area contributed by atoms with Gasteiger partial charge in [0.25, 0.3) is 0 Å². The van der Waals surface area contributed by atoms with Crippen molar-refractivity contribution in [3.8, 4) is 5.75 Å². The highest BCUT2D eigenvalue weighted by Gasteiger charge is 2.08. The Balaban J connectivity index is 2.52. The van der Waals surface area contributed by atoms with Gasteiger partial charge in [-0.15, -0.1) is 0 Å². The van der Waals surface area contributed by atoms with Crippen molar-refractivity contribution in [3.63, 3.8) is 0 Å². The van der Waals surface area contributed by atoms with Crippen LogP contribution in [0.4, 0.5) is 0 Å². The van der Waals surface area contributed by atoms with Crippen LogP contribution in [0.5, 0.6) is 5.75 Å². The first-order valence-corrected chi connectivity index (χ1v) is 3.75. The molecule has 56 valence electrons. The number of fused-ring (bicyclic) bond motifs is 1. The van der Waals surface area contributed by atoms with Crippen LogP contribution in [0.1, 0.15) is 18.1 Å². The maximum absolute atomic E-state index is 9.16. The van der Waals surface area contributed by atoms with Crippen LogP contribution in [0.15, 0.2) is 23.8 Å². The second kappa shape index (κ2) is 2.12. The van der Waals surface area contributed by atoms with E-state index in [1.807, 2.05) is 12.1 Å². The highest BCUT2D eigenvalue weighted by atomic mass is 16.3. The molecule has 0 amide bonds. The molecule has 1 aliphatic rings. The number of hydrogen-bond acceptors (Lipinski definition) is 1. The molecule has 0 saturated heterocycles. The van der Waals surface area contributed by atoms with Gasteiger partial charge in [0.2, 0.25) is 0 Å². The van der Waals surface area contributed by atoms with Crippen LogP contribution in [0, 0.1) is 0 Å². The second-order valence-electron chi connectivity index (χ2n) is 3.05. The Hall–Kier alpha value is -1.24. The topological polar surface area (TPSA) is 20.2 Å². The van der Waals surface area contributed by atoms with Gasteiger partial charge in [-0.25, -0.2) is 0 Å². The van der Waals surface area contributed by atoms with Gasteiger partial charge in [0.15, 0.2) is 0 Å². The summed E-state index contributed by atoms with van der Waals surface area (Å²) in [5, 5.41) is 9.16. The van der Waals surface area contributed by atoms with Gasteiger partial charge in [0.1, 0.15) is 5.75 Å². The number of benzene rings is 1. The van der Waals surface area contributed by atoms with E-state index in [2.05, 4.69) is 13.0 Å². The Bertz CT molecular complexity index is 324. The zero-order valence-corrected chi connectivity index (χ0v) is 6.46. The van der Waals surface area contributed by atoms with Crippen LogP contribution in [0.2, 0.25) is 0 Å². The standard InChI is InChI=1S/C10H10O/c1-7-4-8-2-3-10(11)6-9(8)5-7/h2-4,6,11H,5H2,1H3. The predicted molar refractivity (Wildman–Crippen MR) is 45.5 cm³/mol. The number of phenols is 1. The third kappa shape index (κ3) is 1.03. The summed E-state index contributed by atoms with van der Waals surface area (Å²) >= 11 is 0. The lowest BCUT2D eigenvalue weighted by Crippen LogP contribution is -1.80. The minimum absolute atomic E-state index is 0.367. The van der Waals surface area contributed by atoms with Gasteiger partial charge in [-0.1, -0.05) is 17.7 Å². The van der Waals surface area contributed by atoms with E-state index in [0.29, 0.717) is 5.75 Å². The zero-order valence-electron chi connectivity index (χ0n) is 6.46. The van der Waals surface area contributed by atoms with E-state index < -0.39 is 0 Å². The smallest absolute Gasteiger partial charge is 0.115 e. The fourth-order valence-corrected chi connectivity index (χ4v) is 1.50. The van der Waals surface area contributed by atoms with Crippen molar-refractivity contribution in [1.29, 1.82) is 0 Å². The van der Waals surface area contributed by atoms with Gasteiger partial charge in [0.05, 0.1) is 0 Å². The quantitative estimate of drug-likeness (QED) is 0.595. The van der Waals surface area contributed by atoms with Gasteiger partial charge in [-0.3, -0.25) is 0 Å². The molecule has 1 aliphatic carbocycles. The summed E-state index contributed by atoms with van der Waals surface area (Å²) < 4.78 is 0. The summed E-state index contributed by atoms with van der Waals surface area (Å²) in [6, 6.07) is 5.53. The Labute approximate surface area is 66.0 Å². The molecule has 1 N–H and O–H groups in total. The molecule has 1 heteroatoms. The largest absolute Gasteiger partial charge is 0.508 e. The van der Waals surface area contributed by atoms with Crippen molar-refractivity contribution in [2.75, 3.05) is 0 Å².